The molecule has 7 heteroatoms. The molecule has 1 aliphatic heterocycles. The average molecular weight is 409 g/mol. The highest BCUT2D eigenvalue weighted by molar-refractivity contribution is 6.31. The number of halogens is 1. The summed E-state index contributed by atoms with van der Waals surface area (Å²) < 4.78 is 11.3. The summed E-state index contributed by atoms with van der Waals surface area (Å²) in [7, 11) is 0. The van der Waals surface area contributed by atoms with E-state index in [1.54, 1.807) is 18.2 Å². The Kier molecular flexibility index (Phi) is 6.93. The molecule has 4 N–H and O–H groups in total. The predicted molar refractivity (Wildman–Crippen MR) is 105 cm³/mol. The molecular formula is C21H25ClO6. The van der Waals surface area contributed by atoms with Crippen LogP contribution in [0.2, 0.25) is 5.02 Å². The van der Waals surface area contributed by atoms with Crippen LogP contribution in [0.3, 0.4) is 0 Å². The van der Waals surface area contributed by atoms with Gasteiger partial charge in [0.2, 0.25) is 0 Å². The zero-order valence-corrected chi connectivity index (χ0v) is 16.3. The van der Waals surface area contributed by atoms with Crippen molar-refractivity contribution >= 4 is 11.6 Å². The number of ether oxygens (including phenoxy) is 2. The Hall–Kier alpha value is -1.67. The molecular weight excluding hydrogens is 384 g/mol. The summed E-state index contributed by atoms with van der Waals surface area (Å²) in [4.78, 5) is 0. The quantitative estimate of drug-likeness (QED) is 0.582. The lowest BCUT2D eigenvalue weighted by molar-refractivity contribution is -0.231. The van der Waals surface area contributed by atoms with Gasteiger partial charge < -0.3 is 29.9 Å². The number of para-hydroxylation sites is 1. The molecule has 6 nitrogen and oxygen atoms in total. The molecule has 2 aromatic carbocycles. The van der Waals surface area contributed by atoms with E-state index in [-0.39, 0.29) is 0 Å². The molecule has 0 saturated carbocycles. The fourth-order valence-corrected chi connectivity index (χ4v) is 3.62. The minimum atomic E-state index is -1.42. The van der Waals surface area contributed by atoms with E-state index >= 15 is 0 Å². The average Bonchev–Trinajstić information content (AvgIpc) is 2.70. The van der Waals surface area contributed by atoms with E-state index in [0.29, 0.717) is 23.6 Å². The number of rotatable bonds is 6. The third-order valence-corrected chi connectivity index (χ3v) is 5.31. The molecule has 5 atom stereocenters. The first-order valence-corrected chi connectivity index (χ1v) is 9.63. The van der Waals surface area contributed by atoms with Crippen molar-refractivity contribution in [3.63, 3.8) is 0 Å². The van der Waals surface area contributed by atoms with E-state index < -0.39 is 37.1 Å². The van der Waals surface area contributed by atoms with Crippen LogP contribution in [0, 0.1) is 0 Å². The van der Waals surface area contributed by atoms with Gasteiger partial charge in [-0.3, -0.25) is 0 Å². The Labute approximate surface area is 168 Å². The maximum absolute atomic E-state index is 10.4. The van der Waals surface area contributed by atoms with Gasteiger partial charge in [0.25, 0.3) is 0 Å². The van der Waals surface area contributed by atoms with Crippen LogP contribution >= 0.6 is 11.6 Å². The topological polar surface area (TPSA) is 99.4 Å². The number of aliphatic hydroxyl groups is 4. The molecule has 0 aliphatic carbocycles. The first-order chi connectivity index (χ1) is 13.5. The molecule has 28 heavy (non-hydrogen) atoms. The fourth-order valence-electron chi connectivity index (χ4n) is 3.44. The predicted octanol–water partition coefficient (Wildman–Crippen LogP) is 1.84. The van der Waals surface area contributed by atoms with Crippen molar-refractivity contribution in [1.82, 2.24) is 0 Å². The van der Waals surface area contributed by atoms with Crippen LogP contribution in [-0.2, 0) is 11.2 Å². The molecule has 1 saturated heterocycles. The molecule has 0 aromatic heterocycles. The second-order valence-corrected chi connectivity index (χ2v) is 7.23. The van der Waals surface area contributed by atoms with E-state index in [2.05, 4.69) is 0 Å². The zero-order valence-electron chi connectivity index (χ0n) is 15.5. The largest absolute Gasteiger partial charge is 0.494 e. The first kappa shape index (κ1) is 21.0. The van der Waals surface area contributed by atoms with Crippen LogP contribution < -0.4 is 4.74 Å². The summed E-state index contributed by atoms with van der Waals surface area (Å²) in [5, 5.41) is 40.3. The van der Waals surface area contributed by atoms with E-state index in [9.17, 15) is 20.4 Å². The van der Waals surface area contributed by atoms with Crippen LogP contribution in [-0.4, -0.2) is 58.1 Å². The molecule has 1 fully saturated rings. The summed E-state index contributed by atoms with van der Waals surface area (Å²) in [6.45, 7) is 2.00. The van der Waals surface area contributed by atoms with E-state index in [4.69, 9.17) is 21.1 Å². The van der Waals surface area contributed by atoms with Gasteiger partial charge in [0.15, 0.2) is 0 Å². The Balaban J connectivity index is 1.89. The van der Waals surface area contributed by atoms with Crippen molar-refractivity contribution < 1.29 is 29.9 Å². The molecule has 0 radical (unpaired) electrons. The summed E-state index contributed by atoms with van der Waals surface area (Å²) in [5.41, 5.74) is 2.38. The zero-order chi connectivity index (χ0) is 20.3. The maximum Gasteiger partial charge on any atom is 0.122 e. The van der Waals surface area contributed by atoms with Crippen molar-refractivity contribution in [3.05, 3.63) is 64.2 Å². The van der Waals surface area contributed by atoms with Gasteiger partial charge in [0.1, 0.15) is 36.3 Å². The molecule has 2 aromatic rings. The van der Waals surface area contributed by atoms with E-state index in [1.165, 1.54) is 0 Å². The normalized spacial score (nSPS) is 27.6. The molecule has 0 bridgehead atoms. The van der Waals surface area contributed by atoms with Crippen LogP contribution in [0.15, 0.2) is 42.5 Å². The Morgan fingerprint density at radius 1 is 1.00 bits per heavy atom. The highest BCUT2D eigenvalue weighted by Gasteiger charge is 2.44. The fraction of sp³-hybridized carbons (Fsp3) is 0.429. The van der Waals surface area contributed by atoms with Crippen LogP contribution in [0.1, 0.15) is 29.7 Å². The van der Waals surface area contributed by atoms with Crippen molar-refractivity contribution in [3.8, 4) is 5.75 Å². The summed E-state index contributed by atoms with van der Waals surface area (Å²) >= 11 is 6.39. The molecule has 0 spiro atoms. The van der Waals surface area contributed by atoms with Gasteiger partial charge in [-0.15, -0.1) is 0 Å². The Morgan fingerprint density at radius 3 is 2.46 bits per heavy atom. The van der Waals surface area contributed by atoms with Gasteiger partial charge in [-0.05, 0) is 35.7 Å². The second kappa shape index (κ2) is 9.22. The first-order valence-electron chi connectivity index (χ1n) is 9.25. The molecule has 1 heterocycles. The SMILES string of the molecule is CCOc1ccccc1Cc1cc([C@@H]2O[C@H](CO)[C@@H](O)[C@H](O)[C@H]2O)ccc1Cl. The Bertz CT molecular complexity index is 796. The van der Waals surface area contributed by atoms with Gasteiger partial charge in [-0.2, -0.15) is 0 Å². The second-order valence-electron chi connectivity index (χ2n) is 6.82. The van der Waals surface area contributed by atoms with Crippen molar-refractivity contribution in [1.29, 1.82) is 0 Å². The smallest absolute Gasteiger partial charge is 0.122 e. The summed E-state index contributed by atoms with van der Waals surface area (Å²) in [6.07, 6.45) is -5.48. The van der Waals surface area contributed by atoms with Crippen LogP contribution in [0.4, 0.5) is 0 Å². The summed E-state index contributed by atoms with van der Waals surface area (Å²) in [5.74, 6) is 0.777. The van der Waals surface area contributed by atoms with E-state index in [0.717, 1.165) is 16.9 Å². The van der Waals surface area contributed by atoms with Gasteiger partial charge in [0, 0.05) is 11.4 Å². The maximum atomic E-state index is 10.4. The number of benzene rings is 2. The lowest BCUT2D eigenvalue weighted by Crippen LogP contribution is -2.55. The van der Waals surface area contributed by atoms with E-state index in [1.807, 2.05) is 31.2 Å². The van der Waals surface area contributed by atoms with Gasteiger partial charge in [0.05, 0.1) is 13.2 Å². The van der Waals surface area contributed by atoms with Crippen molar-refractivity contribution in [2.24, 2.45) is 0 Å². The lowest BCUT2D eigenvalue weighted by atomic mass is 9.90. The number of aliphatic hydroxyl groups excluding tert-OH is 4. The van der Waals surface area contributed by atoms with Crippen molar-refractivity contribution in [2.45, 2.75) is 43.9 Å². The minimum absolute atomic E-state index is 0.469. The highest BCUT2D eigenvalue weighted by atomic mass is 35.5. The lowest BCUT2D eigenvalue weighted by Gasteiger charge is -2.40. The van der Waals surface area contributed by atoms with Crippen LogP contribution in [0.5, 0.6) is 5.75 Å². The standard InChI is InChI=1S/C21H25ClO6/c1-2-27-16-6-4-3-5-12(16)9-14-10-13(7-8-15(14)22)21-20(26)19(25)18(24)17(11-23)28-21/h3-8,10,17-21,23-26H,2,9,11H2,1H3/t17-,18-,19+,20-,21+/m1/s1. The van der Waals surface area contributed by atoms with Crippen molar-refractivity contribution in [2.75, 3.05) is 13.2 Å². The molecule has 0 unspecified atom stereocenters. The monoisotopic (exact) mass is 408 g/mol. The Morgan fingerprint density at radius 2 is 1.75 bits per heavy atom. The molecule has 0 amide bonds. The highest BCUT2D eigenvalue weighted by Crippen LogP contribution is 2.35. The number of hydrogen-bond acceptors (Lipinski definition) is 6. The minimum Gasteiger partial charge on any atom is -0.494 e. The van der Waals surface area contributed by atoms with Gasteiger partial charge in [-0.25, -0.2) is 0 Å². The number of hydrogen-bond donors (Lipinski definition) is 4. The summed E-state index contributed by atoms with van der Waals surface area (Å²) in [6, 6.07) is 12.9. The molecule has 152 valence electrons. The van der Waals surface area contributed by atoms with Gasteiger partial charge >= 0.3 is 0 Å². The van der Waals surface area contributed by atoms with Crippen LogP contribution in [0.25, 0.3) is 0 Å². The molecule has 1 aliphatic rings. The van der Waals surface area contributed by atoms with Gasteiger partial charge in [-0.1, -0.05) is 41.9 Å². The third-order valence-electron chi connectivity index (χ3n) is 4.94. The third kappa shape index (κ3) is 4.33. The molecule has 3 rings (SSSR count).